The van der Waals surface area contributed by atoms with Crippen LogP contribution in [0.5, 0.6) is 5.75 Å². The number of hydrogen-bond acceptors (Lipinski definition) is 3. The van der Waals surface area contributed by atoms with Gasteiger partial charge in [-0.2, -0.15) is 13.2 Å². The van der Waals surface area contributed by atoms with E-state index in [-0.39, 0.29) is 12.6 Å². The van der Waals surface area contributed by atoms with E-state index in [4.69, 9.17) is 10.5 Å². The Bertz CT molecular complexity index is 380. The molecule has 0 saturated carbocycles. The lowest BCUT2D eigenvalue weighted by molar-refractivity contribution is -0.174. The van der Waals surface area contributed by atoms with Gasteiger partial charge in [0.2, 0.25) is 0 Å². The van der Waals surface area contributed by atoms with Crippen LogP contribution >= 0.6 is 0 Å². The second kappa shape index (κ2) is 7.35. The molecule has 3 nitrogen and oxygen atoms in total. The van der Waals surface area contributed by atoms with Crippen LogP contribution in [0.4, 0.5) is 13.2 Å². The number of hydrogen-bond donors (Lipinski definition) is 1. The molecular weight excluding hydrogens is 259 g/mol. The SMILES string of the molecule is C[C@@H](N)c1cccc(OCCCOCC(F)(F)F)c1. The maximum absolute atomic E-state index is 11.8. The summed E-state index contributed by atoms with van der Waals surface area (Å²) in [6.45, 7) is 0.976. The molecule has 6 heteroatoms. The van der Waals surface area contributed by atoms with Crippen LogP contribution in [-0.4, -0.2) is 26.0 Å². The number of ether oxygens (including phenoxy) is 2. The fourth-order valence-corrected chi connectivity index (χ4v) is 1.43. The molecule has 0 heterocycles. The third-order valence-electron chi connectivity index (χ3n) is 2.35. The van der Waals surface area contributed by atoms with Gasteiger partial charge in [-0.25, -0.2) is 0 Å². The van der Waals surface area contributed by atoms with Crippen molar-refractivity contribution in [3.63, 3.8) is 0 Å². The lowest BCUT2D eigenvalue weighted by Crippen LogP contribution is -2.18. The largest absolute Gasteiger partial charge is 0.493 e. The van der Waals surface area contributed by atoms with Crippen LogP contribution in [0.2, 0.25) is 0 Å². The maximum Gasteiger partial charge on any atom is 0.411 e. The van der Waals surface area contributed by atoms with Gasteiger partial charge >= 0.3 is 6.18 Å². The Labute approximate surface area is 110 Å². The molecule has 0 bridgehead atoms. The minimum Gasteiger partial charge on any atom is -0.493 e. The third-order valence-corrected chi connectivity index (χ3v) is 2.35. The molecular formula is C13H18F3NO2. The van der Waals surface area contributed by atoms with E-state index in [1.807, 2.05) is 25.1 Å². The Morgan fingerprint density at radius 2 is 2.00 bits per heavy atom. The zero-order valence-electron chi connectivity index (χ0n) is 10.7. The Hall–Kier alpha value is -1.27. The summed E-state index contributed by atoms with van der Waals surface area (Å²) >= 11 is 0. The number of alkyl halides is 3. The van der Waals surface area contributed by atoms with Gasteiger partial charge in [-0.1, -0.05) is 12.1 Å². The predicted octanol–water partition coefficient (Wildman–Crippen LogP) is 3.05. The van der Waals surface area contributed by atoms with Crippen molar-refractivity contribution in [1.82, 2.24) is 0 Å². The monoisotopic (exact) mass is 277 g/mol. The minimum atomic E-state index is -4.27. The van der Waals surface area contributed by atoms with Crippen molar-refractivity contribution in [3.8, 4) is 5.75 Å². The van der Waals surface area contributed by atoms with Crippen LogP contribution < -0.4 is 10.5 Å². The lowest BCUT2D eigenvalue weighted by Gasteiger charge is -2.10. The number of rotatable bonds is 7. The van der Waals surface area contributed by atoms with E-state index in [1.54, 1.807) is 6.07 Å². The van der Waals surface area contributed by atoms with Crippen LogP contribution in [-0.2, 0) is 4.74 Å². The van der Waals surface area contributed by atoms with Crippen molar-refractivity contribution in [3.05, 3.63) is 29.8 Å². The van der Waals surface area contributed by atoms with Gasteiger partial charge in [0.25, 0.3) is 0 Å². The van der Waals surface area contributed by atoms with Gasteiger partial charge < -0.3 is 15.2 Å². The summed E-state index contributed by atoms with van der Waals surface area (Å²) in [4.78, 5) is 0. The molecule has 0 saturated heterocycles. The number of nitrogens with two attached hydrogens (primary N) is 1. The van der Waals surface area contributed by atoms with Crippen molar-refractivity contribution < 1.29 is 22.6 Å². The fraction of sp³-hybridized carbons (Fsp3) is 0.538. The topological polar surface area (TPSA) is 44.5 Å². The van der Waals surface area contributed by atoms with Gasteiger partial charge in [-0.15, -0.1) is 0 Å². The predicted molar refractivity (Wildman–Crippen MR) is 66.0 cm³/mol. The highest BCUT2D eigenvalue weighted by atomic mass is 19.4. The summed E-state index contributed by atoms with van der Waals surface area (Å²) in [6, 6.07) is 7.24. The summed E-state index contributed by atoms with van der Waals surface area (Å²) in [5.41, 5.74) is 6.69. The van der Waals surface area contributed by atoms with E-state index in [0.29, 0.717) is 18.8 Å². The number of halogens is 3. The van der Waals surface area contributed by atoms with Gasteiger partial charge in [0.15, 0.2) is 0 Å². The molecule has 1 aromatic carbocycles. The van der Waals surface area contributed by atoms with Crippen LogP contribution in [0.15, 0.2) is 24.3 Å². The summed E-state index contributed by atoms with van der Waals surface area (Å²) < 4.78 is 45.2. The minimum absolute atomic E-state index is 0.0203. The van der Waals surface area contributed by atoms with Gasteiger partial charge in [0, 0.05) is 12.5 Å². The van der Waals surface area contributed by atoms with Crippen molar-refractivity contribution in [2.45, 2.75) is 25.6 Å². The normalized spacial score (nSPS) is 13.3. The molecule has 19 heavy (non-hydrogen) atoms. The average Bonchev–Trinajstić information content (AvgIpc) is 2.32. The first kappa shape index (κ1) is 15.8. The molecule has 1 rings (SSSR count). The van der Waals surface area contributed by atoms with Crippen molar-refractivity contribution in [2.24, 2.45) is 5.73 Å². The fourth-order valence-electron chi connectivity index (χ4n) is 1.43. The van der Waals surface area contributed by atoms with Crippen LogP contribution in [0.25, 0.3) is 0 Å². The number of benzene rings is 1. The molecule has 0 spiro atoms. The highest BCUT2D eigenvalue weighted by Crippen LogP contribution is 2.18. The molecule has 0 amide bonds. The molecule has 0 aliphatic heterocycles. The van der Waals surface area contributed by atoms with Crippen LogP contribution in [0.3, 0.4) is 0 Å². The third kappa shape index (κ3) is 7.03. The van der Waals surface area contributed by atoms with Crippen molar-refractivity contribution in [1.29, 1.82) is 0 Å². The molecule has 0 aliphatic carbocycles. The zero-order valence-corrected chi connectivity index (χ0v) is 10.7. The molecule has 0 unspecified atom stereocenters. The Morgan fingerprint density at radius 1 is 1.26 bits per heavy atom. The summed E-state index contributed by atoms with van der Waals surface area (Å²) in [5.74, 6) is 0.658. The molecule has 2 N–H and O–H groups in total. The molecule has 0 aliphatic rings. The van der Waals surface area contributed by atoms with Crippen LogP contribution in [0, 0.1) is 0 Å². The average molecular weight is 277 g/mol. The zero-order chi connectivity index (χ0) is 14.3. The summed E-state index contributed by atoms with van der Waals surface area (Å²) in [6.07, 6.45) is -3.87. The van der Waals surface area contributed by atoms with Gasteiger partial charge in [-0.05, 0) is 24.6 Å². The summed E-state index contributed by atoms with van der Waals surface area (Å²) in [7, 11) is 0. The van der Waals surface area contributed by atoms with Crippen molar-refractivity contribution >= 4 is 0 Å². The highest BCUT2D eigenvalue weighted by molar-refractivity contribution is 5.30. The molecule has 0 radical (unpaired) electrons. The molecule has 1 atom stereocenters. The van der Waals surface area contributed by atoms with E-state index in [1.165, 1.54) is 0 Å². The first-order valence-corrected chi connectivity index (χ1v) is 6.01. The van der Waals surface area contributed by atoms with E-state index in [0.717, 1.165) is 5.56 Å². The Morgan fingerprint density at radius 3 is 2.63 bits per heavy atom. The molecule has 0 aromatic heterocycles. The maximum atomic E-state index is 11.8. The molecule has 1 aromatic rings. The second-order valence-electron chi connectivity index (χ2n) is 4.23. The Balaban J connectivity index is 2.21. The molecule has 108 valence electrons. The molecule has 0 fully saturated rings. The van der Waals surface area contributed by atoms with E-state index >= 15 is 0 Å². The van der Waals surface area contributed by atoms with Gasteiger partial charge in [0.1, 0.15) is 12.4 Å². The first-order chi connectivity index (χ1) is 8.88. The van der Waals surface area contributed by atoms with Crippen LogP contribution in [0.1, 0.15) is 24.9 Å². The second-order valence-corrected chi connectivity index (χ2v) is 4.23. The van der Waals surface area contributed by atoms with Crippen molar-refractivity contribution in [2.75, 3.05) is 19.8 Å². The van der Waals surface area contributed by atoms with E-state index < -0.39 is 12.8 Å². The smallest absolute Gasteiger partial charge is 0.411 e. The van der Waals surface area contributed by atoms with E-state index in [9.17, 15) is 13.2 Å². The quantitative estimate of drug-likeness (QED) is 0.779. The van der Waals surface area contributed by atoms with Gasteiger partial charge in [-0.3, -0.25) is 0 Å². The standard InChI is InChI=1S/C13H18F3NO2/c1-10(17)11-4-2-5-12(8-11)19-7-3-6-18-9-13(14,15)16/h2,4-5,8,10H,3,6-7,9,17H2,1H3/t10-/m1/s1. The first-order valence-electron chi connectivity index (χ1n) is 6.01. The highest BCUT2D eigenvalue weighted by Gasteiger charge is 2.27. The van der Waals surface area contributed by atoms with E-state index in [2.05, 4.69) is 4.74 Å². The summed E-state index contributed by atoms with van der Waals surface area (Å²) in [5, 5.41) is 0. The lowest BCUT2D eigenvalue weighted by atomic mass is 10.1. The van der Waals surface area contributed by atoms with Gasteiger partial charge in [0.05, 0.1) is 13.2 Å². The Kier molecular flexibility index (Phi) is 6.11.